The number of rotatable bonds is 4. The lowest BCUT2D eigenvalue weighted by Gasteiger charge is -2.38. The van der Waals surface area contributed by atoms with Gasteiger partial charge in [-0.05, 0) is 30.5 Å². The van der Waals surface area contributed by atoms with Crippen molar-refractivity contribution < 1.29 is 18.3 Å². The Morgan fingerprint density at radius 2 is 2.00 bits per heavy atom. The summed E-state index contributed by atoms with van der Waals surface area (Å²) in [5.74, 6) is -3.24. The molecule has 1 aromatic carbocycles. The van der Waals surface area contributed by atoms with Crippen LogP contribution in [0.5, 0.6) is 0 Å². The Morgan fingerprint density at radius 1 is 1.31 bits per heavy atom. The maximum absolute atomic E-state index is 13.3. The molecule has 1 aromatic rings. The van der Waals surface area contributed by atoms with E-state index in [9.17, 15) is 13.6 Å². The van der Waals surface area contributed by atoms with Crippen molar-refractivity contribution in [2.45, 2.75) is 36.6 Å². The van der Waals surface area contributed by atoms with E-state index in [1.54, 1.807) is 12.1 Å². The number of hydrogen-bond donors (Lipinski definition) is 2. The van der Waals surface area contributed by atoms with Gasteiger partial charge in [0.25, 0.3) is 5.92 Å². The number of carbonyl (C=O) groups is 1. The number of ether oxygens (including phenoxy) is 1. The lowest BCUT2D eigenvalue weighted by Crippen LogP contribution is -2.49. The largest absolute Gasteiger partial charge is 0.381 e. The summed E-state index contributed by atoms with van der Waals surface area (Å²) in [4.78, 5) is 12.3. The third kappa shape index (κ3) is 4.78. The van der Waals surface area contributed by atoms with Crippen LogP contribution < -0.4 is 10.6 Å². The third-order valence-electron chi connectivity index (χ3n) is 4.98. The van der Waals surface area contributed by atoms with E-state index < -0.39 is 36.3 Å². The molecular formula is C17H21Cl3F2N2O2. The zero-order valence-corrected chi connectivity index (χ0v) is 16.3. The molecule has 2 aliphatic rings. The second kappa shape index (κ2) is 8.57. The Bertz CT molecular complexity index is 655. The van der Waals surface area contributed by atoms with E-state index in [1.165, 1.54) is 0 Å². The van der Waals surface area contributed by atoms with Crippen molar-refractivity contribution in [3.05, 3.63) is 33.8 Å². The van der Waals surface area contributed by atoms with Crippen LogP contribution in [0.1, 0.15) is 24.8 Å². The molecule has 26 heavy (non-hydrogen) atoms. The van der Waals surface area contributed by atoms with Crippen molar-refractivity contribution in [2.24, 2.45) is 0 Å². The predicted octanol–water partition coefficient (Wildman–Crippen LogP) is 3.58. The molecule has 1 unspecified atom stereocenters. The quantitative estimate of drug-likeness (QED) is 0.769. The number of benzene rings is 1. The number of nitrogens with one attached hydrogen (secondary N) is 2. The van der Waals surface area contributed by atoms with Crippen LogP contribution >= 0.6 is 35.6 Å². The molecule has 1 amide bonds. The molecule has 0 bridgehead atoms. The number of hydrogen-bond acceptors (Lipinski definition) is 3. The van der Waals surface area contributed by atoms with Gasteiger partial charge in [-0.2, -0.15) is 0 Å². The van der Waals surface area contributed by atoms with Crippen LogP contribution in [0, 0.1) is 0 Å². The van der Waals surface area contributed by atoms with Crippen LogP contribution in [-0.4, -0.2) is 44.2 Å². The van der Waals surface area contributed by atoms with E-state index in [0.717, 1.165) is 5.56 Å². The maximum atomic E-state index is 13.3. The summed E-state index contributed by atoms with van der Waals surface area (Å²) in [6.07, 6.45) is 0.891. The standard InChI is InChI=1S/C17H20Cl2F2N2O2.ClH/c18-11-1-2-12(13(19)7-11)16(3-5-25-6-4-16)9-23-15(24)14-8-17(20,21)10-22-14;/h1-2,7,14,22H,3-6,8-10H2,(H,23,24);1H. The molecule has 146 valence electrons. The average Bonchev–Trinajstić information content (AvgIpc) is 2.93. The van der Waals surface area contributed by atoms with Crippen molar-refractivity contribution >= 4 is 41.5 Å². The first-order valence-corrected chi connectivity index (χ1v) is 8.99. The maximum Gasteiger partial charge on any atom is 0.262 e. The number of alkyl halides is 2. The van der Waals surface area contributed by atoms with Gasteiger partial charge in [-0.15, -0.1) is 12.4 Å². The van der Waals surface area contributed by atoms with E-state index in [1.807, 2.05) is 6.07 Å². The smallest absolute Gasteiger partial charge is 0.262 e. The second-order valence-corrected chi connectivity index (χ2v) is 7.57. The highest BCUT2D eigenvalue weighted by Crippen LogP contribution is 2.39. The lowest BCUT2D eigenvalue weighted by atomic mass is 9.74. The molecule has 9 heteroatoms. The monoisotopic (exact) mass is 428 g/mol. The summed E-state index contributed by atoms with van der Waals surface area (Å²) >= 11 is 12.4. The SMILES string of the molecule is Cl.O=C(NCC1(c2ccc(Cl)cc2Cl)CCOCC1)C1CC(F)(F)CN1. The number of amides is 1. The zero-order chi connectivity index (χ0) is 18.1. The molecule has 0 spiro atoms. The molecular weight excluding hydrogens is 409 g/mol. The van der Waals surface area contributed by atoms with Crippen molar-refractivity contribution in [3.63, 3.8) is 0 Å². The van der Waals surface area contributed by atoms with Gasteiger partial charge in [0.05, 0.1) is 12.6 Å². The molecule has 4 nitrogen and oxygen atoms in total. The van der Waals surface area contributed by atoms with Crippen LogP contribution in [0.4, 0.5) is 8.78 Å². The van der Waals surface area contributed by atoms with E-state index in [2.05, 4.69) is 10.6 Å². The minimum atomic E-state index is -2.84. The molecule has 0 radical (unpaired) electrons. The van der Waals surface area contributed by atoms with Gasteiger partial charge >= 0.3 is 0 Å². The highest BCUT2D eigenvalue weighted by molar-refractivity contribution is 6.35. The van der Waals surface area contributed by atoms with Gasteiger partial charge < -0.3 is 10.1 Å². The average molecular weight is 430 g/mol. The minimum absolute atomic E-state index is 0. The Labute approximate surface area is 167 Å². The Balaban J connectivity index is 0.00000243. The summed E-state index contributed by atoms with van der Waals surface area (Å²) < 4.78 is 32.0. The molecule has 2 aliphatic heterocycles. The summed E-state index contributed by atoms with van der Waals surface area (Å²) in [6.45, 7) is 0.955. The molecule has 2 fully saturated rings. The third-order valence-corrected chi connectivity index (χ3v) is 5.53. The number of halogens is 5. The van der Waals surface area contributed by atoms with Gasteiger partial charge in [0.1, 0.15) is 0 Å². The van der Waals surface area contributed by atoms with Crippen LogP contribution in [0.2, 0.25) is 10.0 Å². The van der Waals surface area contributed by atoms with Gasteiger partial charge in [-0.25, -0.2) is 8.78 Å². The van der Waals surface area contributed by atoms with Gasteiger partial charge in [-0.1, -0.05) is 29.3 Å². The number of carbonyl (C=O) groups excluding carboxylic acids is 1. The normalized spacial score (nSPS) is 23.9. The van der Waals surface area contributed by atoms with Gasteiger partial charge in [0.15, 0.2) is 0 Å². The lowest BCUT2D eigenvalue weighted by molar-refractivity contribution is -0.123. The second-order valence-electron chi connectivity index (χ2n) is 6.73. The van der Waals surface area contributed by atoms with Crippen molar-refractivity contribution in [3.8, 4) is 0 Å². The van der Waals surface area contributed by atoms with Crippen molar-refractivity contribution in [1.29, 1.82) is 0 Å². The Hall–Kier alpha value is -0.660. The summed E-state index contributed by atoms with van der Waals surface area (Å²) in [7, 11) is 0. The zero-order valence-electron chi connectivity index (χ0n) is 14.0. The first-order valence-electron chi connectivity index (χ1n) is 8.24. The van der Waals surface area contributed by atoms with Crippen LogP contribution in [0.15, 0.2) is 18.2 Å². The van der Waals surface area contributed by atoms with Gasteiger partial charge in [0, 0.05) is 41.6 Å². The fourth-order valence-corrected chi connectivity index (χ4v) is 4.11. The van der Waals surface area contributed by atoms with Crippen LogP contribution in [-0.2, 0) is 14.9 Å². The molecule has 0 aromatic heterocycles. The van der Waals surface area contributed by atoms with E-state index >= 15 is 0 Å². The Kier molecular flexibility index (Phi) is 7.13. The van der Waals surface area contributed by atoms with Crippen molar-refractivity contribution in [2.75, 3.05) is 26.3 Å². The fraction of sp³-hybridized carbons (Fsp3) is 0.588. The summed E-state index contributed by atoms with van der Waals surface area (Å²) in [5.41, 5.74) is 0.503. The first kappa shape index (κ1) is 21.6. The topological polar surface area (TPSA) is 50.4 Å². The molecule has 2 heterocycles. The van der Waals surface area contributed by atoms with Gasteiger partial charge in [0.2, 0.25) is 5.91 Å². The molecule has 0 aliphatic carbocycles. The molecule has 0 saturated carbocycles. The Morgan fingerprint density at radius 3 is 2.58 bits per heavy atom. The van der Waals surface area contributed by atoms with Crippen molar-refractivity contribution in [1.82, 2.24) is 10.6 Å². The van der Waals surface area contributed by atoms with E-state index in [4.69, 9.17) is 27.9 Å². The summed E-state index contributed by atoms with van der Waals surface area (Å²) in [6, 6.07) is 4.44. The first-order chi connectivity index (χ1) is 11.8. The minimum Gasteiger partial charge on any atom is -0.381 e. The molecule has 2 N–H and O–H groups in total. The van der Waals surface area contributed by atoms with E-state index in [-0.39, 0.29) is 12.4 Å². The summed E-state index contributed by atoms with van der Waals surface area (Å²) in [5, 5.41) is 6.48. The van der Waals surface area contributed by atoms with E-state index in [0.29, 0.717) is 42.6 Å². The molecule has 3 rings (SSSR count). The van der Waals surface area contributed by atoms with Crippen LogP contribution in [0.25, 0.3) is 0 Å². The van der Waals surface area contributed by atoms with Gasteiger partial charge in [-0.3, -0.25) is 10.1 Å². The van der Waals surface area contributed by atoms with Crippen LogP contribution in [0.3, 0.4) is 0 Å². The molecule has 1 atom stereocenters. The highest BCUT2D eigenvalue weighted by Gasteiger charge is 2.43. The fourth-order valence-electron chi connectivity index (χ4n) is 3.50. The molecule has 2 saturated heterocycles. The highest BCUT2D eigenvalue weighted by atomic mass is 35.5. The predicted molar refractivity (Wildman–Crippen MR) is 99.8 cm³/mol.